The quantitative estimate of drug-likeness (QED) is 0.125. The summed E-state index contributed by atoms with van der Waals surface area (Å²) in [6.07, 6.45) is 6.83. The Balaban J connectivity index is 1.04. The number of benzene rings is 1. The Labute approximate surface area is 315 Å². The number of fused-ring (bicyclic) bond motifs is 2. The topological polar surface area (TPSA) is 178 Å². The Morgan fingerprint density at radius 1 is 1.23 bits per heavy atom. The Hall–Kier alpha value is -4.39. The zero-order valence-electron chi connectivity index (χ0n) is 27.8. The van der Waals surface area contributed by atoms with Gasteiger partial charge < -0.3 is 30.7 Å². The zero-order valence-corrected chi connectivity index (χ0v) is 30.9. The molecule has 0 bridgehead atoms. The third-order valence-corrected chi connectivity index (χ3v) is 12.0. The highest BCUT2D eigenvalue weighted by Gasteiger charge is 2.53. The van der Waals surface area contributed by atoms with Crippen LogP contribution in [0.4, 0.5) is 15.3 Å². The third-order valence-electron chi connectivity index (χ3n) is 9.20. The SMILES string of the molecule is CO/N=C(\C(=O)N[C@@H]1C(=O)N2C(C(=O)[O-])=C(C[n+]3ccc4n3CCN4Cc3c(F)cc(C=NN4CCCCC4)cc3Cl)CS[C@H]12)c1nc(N)sc1Cl. The fourth-order valence-electron chi connectivity index (χ4n) is 6.72. The van der Waals surface area contributed by atoms with Crippen LogP contribution in [-0.4, -0.2) is 93.2 Å². The number of thiazole rings is 1. The van der Waals surface area contributed by atoms with Crippen molar-refractivity contribution in [3.8, 4) is 0 Å². The maximum absolute atomic E-state index is 15.4. The molecule has 52 heavy (non-hydrogen) atoms. The highest BCUT2D eigenvalue weighted by atomic mass is 35.5. The van der Waals surface area contributed by atoms with Crippen LogP contribution in [0.2, 0.25) is 9.36 Å². The van der Waals surface area contributed by atoms with E-state index in [1.165, 1.54) is 31.4 Å². The number of carboxylic acids is 1. The summed E-state index contributed by atoms with van der Waals surface area (Å²) in [4.78, 5) is 50.9. The van der Waals surface area contributed by atoms with Crippen molar-refractivity contribution in [2.24, 2.45) is 10.3 Å². The van der Waals surface area contributed by atoms with Crippen LogP contribution in [0.5, 0.6) is 0 Å². The smallest absolute Gasteiger partial charge is 0.276 e. The number of rotatable bonds is 11. The Morgan fingerprint density at radius 3 is 2.71 bits per heavy atom. The lowest BCUT2D eigenvalue weighted by molar-refractivity contribution is -0.766. The molecule has 4 aliphatic heterocycles. The minimum atomic E-state index is -1.50. The number of nitrogens with zero attached hydrogens (tertiary/aromatic N) is 8. The van der Waals surface area contributed by atoms with Crippen molar-refractivity contribution in [1.82, 2.24) is 24.9 Å². The third kappa shape index (κ3) is 6.91. The first-order valence-corrected chi connectivity index (χ1v) is 19.0. The van der Waals surface area contributed by atoms with E-state index in [-0.39, 0.29) is 45.4 Å². The number of hydrogen-bond acceptors (Lipinski definition) is 13. The summed E-state index contributed by atoms with van der Waals surface area (Å²) in [6, 6.07) is 3.99. The Kier molecular flexibility index (Phi) is 10.3. The molecule has 2 fully saturated rings. The van der Waals surface area contributed by atoms with Gasteiger partial charge in [-0.05, 0) is 37.0 Å². The molecule has 15 nitrogen and oxygen atoms in total. The minimum absolute atomic E-state index is 0.00366. The van der Waals surface area contributed by atoms with Crippen LogP contribution in [0, 0.1) is 5.82 Å². The number of anilines is 2. The second-order valence-corrected chi connectivity index (χ2v) is 15.6. The minimum Gasteiger partial charge on any atom is -0.543 e. The molecule has 0 spiro atoms. The van der Waals surface area contributed by atoms with E-state index in [1.807, 2.05) is 31.5 Å². The number of thioether (sulfide) groups is 1. The van der Waals surface area contributed by atoms with E-state index in [0.717, 1.165) is 48.0 Å². The molecule has 3 N–H and O–H groups in total. The molecule has 4 aliphatic rings. The summed E-state index contributed by atoms with van der Waals surface area (Å²) < 4.78 is 19.3. The number of nitrogens with two attached hydrogens (primary N) is 1. The van der Waals surface area contributed by atoms with E-state index in [1.54, 1.807) is 12.3 Å². The van der Waals surface area contributed by atoms with Gasteiger partial charge in [-0.3, -0.25) is 19.5 Å². The van der Waals surface area contributed by atoms with Gasteiger partial charge in [0.1, 0.15) is 34.4 Å². The second-order valence-electron chi connectivity index (χ2n) is 12.4. The molecule has 0 unspecified atom stereocenters. The Bertz CT molecular complexity index is 2010. The fraction of sp³-hybridized carbons (Fsp3) is 0.406. The van der Waals surface area contributed by atoms with Gasteiger partial charge in [-0.1, -0.05) is 39.7 Å². The van der Waals surface area contributed by atoms with Gasteiger partial charge in [-0.25, -0.2) is 9.37 Å². The number of carboxylic acid groups (broad SMARTS) is 1. The number of hydrogen-bond donors (Lipinski definition) is 2. The first-order valence-electron chi connectivity index (χ1n) is 16.4. The molecule has 6 heterocycles. The molecule has 2 amide bonds. The molecule has 1 aromatic carbocycles. The molecule has 0 aliphatic carbocycles. The summed E-state index contributed by atoms with van der Waals surface area (Å²) in [5.41, 5.74) is 6.61. The van der Waals surface area contributed by atoms with Crippen molar-refractivity contribution in [3.05, 3.63) is 67.7 Å². The number of halogens is 3. The summed E-state index contributed by atoms with van der Waals surface area (Å²) in [5, 5.41) is 25.0. The number of β-lactam (4-membered cyclic amide) rings is 1. The van der Waals surface area contributed by atoms with Crippen molar-refractivity contribution in [2.75, 3.05) is 43.1 Å². The number of hydrazone groups is 1. The van der Waals surface area contributed by atoms with Crippen LogP contribution in [0.3, 0.4) is 0 Å². The molecular weight excluding hydrogens is 758 g/mol. The maximum atomic E-state index is 15.4. The second kappa shape index (κ2) is 14.9. The summed E-state index contributed by atoms with van der Waals surface area (Å²) >= 11 is 15.0. The van der Waals surface area contributed by atoms with Crippen molar-refractivity contribution < 1.29 is 33.4 Å². The predicted molar refractivity (Wildman–Crippen MR) is 192 cm³/mol. The summed E-state index contributed by atoms with van der Waals surface area (Å²) in [7, 11) is 1.24. The number of carbonyl (C=O) groups excluding carboxylic acids is 3. The van der Waals surface area contributed by atoms with Crippen LogP contribution in [0.1, 0.15) is 36.1 Å². The van der Waals surface area contributed by atoms with Gasteiger partial charge in [-0.2, -0.15) is 5.10 Å². The first kappa shape index (κ1) is 36.0. The highest BCUT2D eigenvalue weighted by Crippen LogP contribution is 2.40. The number of amides is 2. The lowest BCUT2D eigenvalue weighted by Gasteiger charge is -2.50. The van der Waals surface area contributed by atoms with E-state index in [2.05, 4.69) is 20.6 Å². The van der Waals surface area contributed by atoms with Crippen molar-refractivity contribution in [3.63, 3.8) is 0 Å². The Morgan fingerprint density at radius 2 is 2.02 bits per heavy atom. The molecule has 2 saturated heterocycles. The van der Waals surface area contributed by atoms with Crippen LogP contribution in [0.15, 0.2) is 45.9 Å². The van der Waals surface area contributed by atoms with E-state index in [4.69, 9.17) is 33.8 Å². The number of aromatic nitrogens is 3. The van der Waals surface area contributed by atoms with Crippen molar-refractivity contribution in [2.45, 2.75) is 50.3 Å². The highest BCUT2D eigenvalue weighted by molar-refractivity contribution is 8.00. The normalized spacial score (nSPS) is 20.3. The lowest BCUT2D eigenvalue weighted by atomic mass is 10.0. The van der Waals surface area contributed by atoms with Crippen molar-refractivity contribution >= 4 is 87.0 Å². The average Bonchev–Trinajstić information content (AvgIpc) is 3.81. The molecule has 2 aromatic heterocycles. The van der Waals surface area contributed by atoms with Crippen LogP contribution in [-0.2, 0) is 38.9 Å². The van der Waals surface area contributed by atoms with Crippen LogP contribution >= 0.6 is 46.3 Å². The standard InChI is InChI=1S/C32H33Cl2FN10O5S2/c1-50-40-24(23-27(34)52-32(36)39-23)28(46)38-25-29(47)45-26(31(48)49)18(16-51-30(25)45)14-43-8-5-22-41(9-10-44(22)43)15-19-20(33)11-17(12-21(19)35)13-37-42-6-3-2-4-7-42/h5,8,11-13,25,30H,2-4,6-7,9-10,14-16H2,1H3,(H3-,36,38,39,46,48,49)/b37-13?,40-24-/t25-,30-/m1/s1. The number of aliphatic carboxylic acids is 1. The molecule has 0 saturated carbocycles. The van der Waals surface area contributed by atoms with Gasteiger partial charge in [0.25, 0.3) is 11.8 Å². The number of carbonyl (C=O) groups is 3. The average molecular weight is 792 g/mol. The molecule has 7 rings (SSSR count). The van der Waals surface area contributed by atoms with Gasteiger partial charge >= 0.3 is 0 Å². The van der Waals surface area contributed by atoms with Gasteiger partial charge in [0.05, 0.1) is 30.5 Å². The largest absolute Gasteiger partial charge is 0.543 e. The molecule has 0 radical (unpaired) electrons. The van der Waals surface area contributed by atoms with Crippen molar-refractivity contribution in [1.29, 1.82) is 0 Å². The number of nitrogen functional groups attached to an aromatic ring is 1. The van der Waals surface area contributed by atoms with Gasteiger partial charge in [0.15, 0.2) is 29.4 Å². The summed E-state index contributed by atoms with van der Waals surface area (Å²) in [5.74, 6) is -2.28. The van der Waals surface area contributed by atoms with E-state index >= 15 is 4.39 Å². The lowest BCUT2D eigenvalue weighted by Crippen LogP contribution is -2.71. The predicted octanol–water partition coefficient (Wildman–Crippen LogP) is 1.55. The van der Waals surface area contributed by atoms with Crippen LogP contribution in [0.25, 0.3) is 0 Å². The maximum Gasteiger partial charge on any atom is 0.276 e. The fourth-order valence-corrected chi connectivity index (χ4v) is 9.26. The monoisotopic (exact) mass is 790 g/mol. The summed E-state index contributed by atoms with van der Waals surface area (Å²) in [6.45, 7) is 3.29. The van der Waals surface area contributed by atoms with Crippen LogP contribution < -0.4 is 25.7 Å². The molecule has 274 valence electrons. The molecular formula is C32H33Cl2FN10O5S2. The van der Waals surface area contributed by atoms with Gasteiger partial charge in [-0.15, -0.1) is 21.1 Å². The first-order chi connectivity index (χ1) is 25.0. The van der Waals surface area contributed by atoms with E-state index in [0.29, 0.717) is 34.8 Å². The van der Waals surface area contributed by atoms with E-state index < -0.39 is 35.0 Å². The zero-order chi connectivity index (χ0) is 36.7. The number of piperidine rings is 1. The van der Waals surface area contributed by atoms with E-state index in [9.17, 15) is 19.5 Å². The number of oxime groups is 1. The number of nitrogens with one attached hydrogen (secondary N) is 1. The molecule has 2 atom stereocenters. The molecule has 3 aromatic rings. The van der Waals surface area contributed by atoms with Gasteiger partial charge in [0, 0.05) is 48.1 Å². The van der Waals surface area contributed by atoms with Gasteiger partial charge in [0.2, 0.25) is 0 Å². The molecule has 20 heteroatoms.